The van der Waals surface area contributed by atoms with E-state index in [1.807, 2.05) is 0 Å². The first-order valence-electron chi connectivity index (χ1n) is 16.1. The average molecular weight is 585 g/mol. The minimum Gasteiger partial charge on any atom is -0.309 e. The van der Waals surface area contributed by atoms with Crippen LogP contribution >= 0.6 is 0 Å². The van der Waals surface area contributed by atoms with E-state index in [0.717, 1.165) is 0 Å². The zero-order valence-corrected chi connectivity index (χ0v) is 25.3. The second-order valence-electron chi connectivity index (χ2n) is 13.1. The van der Waals surface area contributed by atoms with Crippen molar-refractivity contribution in [3.8, 4) is 33.6 Å². The molecular weight excluding hydrogens is 556 g/mol. The number of aromatic nitrogens is 2. The van der Waals surface area contributed by atoms with Crippen molar-refractivity contribution in [1.29, 1.82) is 0 Å². The number of hydrogen-bond acceptors (Lipinski definition) is 0. The molecule has 2 aromatic heterocycles. The highest BCUT2D eigenvalue weighted by atomic mass is 15.0. The predicted molar refractivity (Wildman–Crippen MR) is 192 cm³/mol. The van der Waals surface area contributed by atoms with Gasteiger partial charge in [-0.1, -0.05) is 97.1 Å². The molecule has 2 aliphatic rings. The van der Waals surface area contributed by atoms with Gasteiger partial charge in [0.05, 0.1) is 27.8 Å². The van der Waals surface area contributed by atoms with Crippen LogP contribution in [0.1, 0.15) is 23.6 Å². The lowest BCUT2D eigenvalue weighted by Gasteiger charge is -2.36. The molecule has 0 saturated carbocycles. The van der Waals surface area contributed by atoms with Crippen molar-refractivity contribution in [2.75, 3.05) is 0 Å². The fourth-order valence-electron chi connectivity index (χ4n) is 8.95. The summed E-state index contributed by atoms with van der Waals surface area (Å²) in [6, 6.07) is 56.3. The smallest absolute Gasteiger partial charge is 0.0586 e. The van der Waals surface area contributed by atoms with Crippen molar-refractivity contribution in [1.82, 2.24) is 9.13 Å². The Kier molecular flexibility index (Phi) is 4.49. The number of para-hydroxylation sites is 3. The maximum atomic E-state index is 2.53. The molecule has 1 aliphatic carbocycles. The molecule has 1 atom stereocenters. The lowest BCUT2D eigenvalue weighted by molar-refractivity contribution is 0.700. The monoisotopic (exact) mass is 584 g/mol. The highest BCUT2D eigenvalue weighted by Gasteiger charge is 2.47. The van der Waals surface area contributed by atoms with Gasteiger partial charge in [0.2, 0.25) is 0 Å². The lowest BCUT2D eigenvalue weighted by Crippen LogP contribution is -2.28. The second kappa shape index (κ2) is 8.44. The van der Waals surface area contributed by atoms with Gasteiger partial charge in [0, 0.05) is 32.6 Å². The summed E-state index contributed by atoms with van der Waals surface area (Å²) in [5.74, 6) is 0. The van der Waals surface area contributed by atoms with Crippen LogP contribution in [0.2, 0.25) is 0 Å². The summed E-state index contributed by atoms with van der Waals surface area (Å²) in [5.41, 5.74) is 16.7. The van der Waals surface area contributed by atoms with Crippen molar-refractivity contribution < 1.29 is 0 Å². The summed E-state index contributed by atoms with van der Waals surface area (Å²) in [6.45, 7) is 2.46. The molecule has 1 unspecified atom stereocenters. The zero-order valence-electron chi connectivity index (χ0n) is 25.3. The summed E-state index contributed by atoms with van der Waals surface area (Å²) in [7, 11) is 0. The molecule has 3 heterocycles. The van der Waals surface area contributed by atoms with Crippen LogP contribution in [-0.4, -0.2) is 9.13 Å². The van der Waals surface area contributed by atoms with E-state index in [1.54, 1.807) is 0 Å². The van der Waals surface area contributed by atoms with Crippen LogP contribution in [0.15, 0.2) is 152 Å². The van der Waals surface area contributed by atoms with Gasteiger partial charge in [-0.25, -0.2) is 0 Å². The van der Waals surface area contributed by atoms with Gasteiger partial charge < -0.3 is 9.13 Å². The summed E-state index contributed by atoms with van der Waals surface area (Å²) >= 11 is 0. The molecule has 214 valence electrons. The highest BCUT2D eigenvalue weighted by molar-refractivity contribution is 6.15. The van der Waals surface area contributed by atoms with Crippen molar-refractivity contribution >= 4 is 43.6 Å². The molecule has 0 saturated heterocycles. The first kappa shape index (κ1) is 24.5. The standard InChI is InChI=1S/C44H28N2/c1-44-36-18-8-5-14-30(36)33-17-11-21-41(42(33)44)46-39-20-10-7-16-32(39)35-25-28(26-37(44)43(35)46)27-22-23-40-34(24-27)31-15-6-9-19-38(31)45(40)29-12-3-2-4-13-29/h2-26H,1H3. The van der Waals surface area contributed by atoms with E-state index < -0.39 is 0 Å². The van der Waals surface area contributed by atoms with Crippen LogP contribution in [0, 0.1) is 0 Å². The Hall–Kier alpha value is -5.86. The zero-order chi connectivity index (χ0) is 30.1. The Morgan fingerprint density at radius 2 is 1.09 bits per heavy atom. The minimum atomic E-state index is -0.255. The predicted octanol–water partition coefficient (Wildman–Crippen LogP) is 11.2. The fraction of sp³-hybridized carbons (Fsp3) is 0.0455. The molecule has 2 heteroatoms. The van der Waals surface area contributed by atoms with E-state index >= 15 is 0 Å². The topological polar surface area (TPSA) is 9.86 Å². The third-order valence-electron chi connectivity index (χ3n) is 10.9. The molecule has 9 aromatic rings. The number of benzene rings is 7. The van der Waals surface area contributed by atoms with Crippen molar-refractivity contribution in [2.24, 2.45) is 0 Å². The first-order valence-corrected chi connectivity index (χ1v) is 16.1. The maximum absolute atomic E-state index is 2.53. The maximum Gasteiger partial charge on any atom is 0.0586 e. The van der Waals surface area contributed by atoms with Crippen LogP contribution in [0.25, 0.3) is 77.2 Å². The highest BCUT2D eigenvalue weighted by Crippen LogP contribution is 2.59. The SMILES string of the molecule is CC12c3ccccc3-c3cccc(c31)-n1c3ccccc3c3cc(-c4ccc5c(c4)c4ccccc4n5-c4ccccc4)cc2c31. The normalized spacial score (nSPS) is 16.0. The Morgan fingerprint density at radius 3 is 1.93 bits per heavy atom. The molecule has 0 spiro atoms. The largest absolute Gasteiger partial charge is 0.309 e. The van der Waals surface area contributed by atoms with Crippen LogP contribution in [-0.2, 0) is 5.41 Å². The van der Waals surface area contributed by atoms with E-state index in [9.17, 15) is 0 Å². The molecular formula is C44H28N2. The summed E-state index contributed by atoms with van der Waals surface area (Å²) in [5, 5.41) is 5.17. The minimum absolute atomic E-state index is 0.255. The van der Waals surface area contributed by atoms with Crippen LogP contribution < -0.4 is 0 Å². The van der Waals surface area contributed by atoms with Crippen LogP contribution in [0.3, 0.4) is 0 Å². The Bertz CT molecular complexity index is 2760. The molecule has 0 radical (unpaired) electrons. The molecule has 7 aromatic carbocycles. The third-order valence-corrected chi connectivity index (χ3v) is 10.9. The van der Waals surface area contributed by atoms with Gasteiger partial charge in [-0.05, 0) is 100 Å². The summed E-state index contributed by atoms with van der Waals surface area (Å²) in [6.07, 6.45) is 0. The van der Waals surface area contributed by atoms with E-state index in [4.69, 9.17) is 0 Å². The Morgan fingerprint density at radius 1 is 0.435 bits per heavy atom. The van der Waals surface area contributed by atoms with Gasteiger partial charge in [-0.3, -0.25) is 0 Å². The molecule has 2 nitrogen and oxygen atoms in total. The van der Waals surface area contributed by atoms with Crippen molar-refractivity contribution in [3.63, 3.8) is 0 Å². The van der Waals surface area contributed by atoms with Crippen molar-refractivity contribution in [2.45, 2.75) is 12.3 Å². The number of nitrogens with zero attached hydrogens (tertiary/aromatic N) is 2. The first-order chi connectivity index (χ1) is 22.7. The van der Waals surface area contributed by atoms with Gasteiger partial charge in [0.15, 0.2) is 0 Å². The van der Waals surface area contributed by atoms with Gasteiger partial charge in [-0.15, -0.1) is 0 Å². The summed E-state index contributed by atoms with van der Waals surface area (Å²) < 4.78 is 4.93. The third kappa shape index (κ3) is 2.84. The average Bonchev–Trinajstić information content (AvgIpc) is 3.72. The number of rotatable bonds is 2. The van der Waals surface area contributed by atoms with E-state index in [-0.39, 0.29) is 5.41 Å². The molecule has 0 N–H and O–H groups in total. The number of fused-ring (bicyclic) bond motifs is 11. The van der Waals surface area contributed by atoms with E-state index in [0.29, 0.717) is 0 Å². The van der Waals surface area contributed by atoms with Gasteiger partial charge in [0.25, 0.3) is 0 Å². The second-order valence-corrected chi connectivity index (χ2v) is 13.1. The van der Waals surface area contributed by atoms with Gasteiger partial charge in [0.1, 0.15) is 0 Å². The van der Waals surface area contributed by atoms with E-state index in [2.05, 4.69) is 168 Å². The lowest BCUT2D eigenvalue weighted by atomic mass is 9.71. The Balaban J connectivity index is 1.25. The van der Waals surface area contributed by atoms with Gasteiger partial charge >= 0.3 is 0 Å². The molecule has 0 bridgehead atoms. The molecule has 11 rings (SSSR count). The van der Waals surface area contributed by atoms with Crippen LogP contribution in [0.4, 0.5) is 0 Å². The Labute approximate surface area is 266 Å². The molecule has 46 heavy (non-hydrogen) atoms. The van der Waals surface area contributed by atoms with Gasteiger partial charge in [-0.2, -0.15) is 0 Å². The summed E-state index contributed by atoms with van der Waals surface area (Å²) in [4.78, 5) is 0. The number of hydrogen-bond donors (Lipinski definition) is 0. The molecule has 1 aliphatic heterocycles. The quantitative estimate of drug-likeness (QED) is 0.191. The van der Waals surface area contributed by atoms with Crippen LogP contribution in [0.5, 0.6) is 0 Å². The molecule has 0 amide bonds. The molecule has 0 fully saturated rings. The van der Waals surface area contributed by atoms with E-state index in [1.165, 1.54) is 93.9 Å². The fourth-order valence-corrected chi connectivity index (χ4v) is 8.95. The van der Waals surface area contributed by atoms with Crippen molar-refractivity contribution in [3.05, 3.63) is 168 Å².